The largest absolute Gasteiger partial charge is 0.308 e. The van der Waals surface area contributed by atoms with E-state index >= 15 is 0 Å². The van der Waals surface area contributed by atoms with E-state index in [1.54, 1.807) is 18.6 Å². The fraction of sp³-hybridized carbons (Fsp3) is 0.267. The van der Waals surface area contributed by atoms with E-state index in [1.165, 1.54) is 0 Å². The summed E-state index contributed by atoms with van der Waals surface area (Å²) in [6, 6.07) is 6.02. The summed E-state index contributed by atoms with van der Waals surface area (Å²) < 4.78 is 1.91. The Morgan fingerprint density at radius 1 is 1.24 bits per heavy atom. The molecule has 6 heteroatoms. The van der Waals surface area contributed by atoms with Gasteiger partial charge in [-0.15, -0.1) is 0 Å². The van der Waals surface area contributed by atoms with Gasteiger partial charge in [-0.25, -0.2) is 0 Å². The number of benzene rings is 1. The first-order valence-electron chi connectivity index (χ1n) is 6.83. The van der Waals surface area contributed by atoms with Crippen LogP contribution >= 0.6 is 11.6 Å². The lowest BCUT2D eigenvalue weighted by molar-refractivity contribution is 0.563. The molecule has 0 spiro atoms. The highest BCUT2D eigenvalue weighted by Gasteiger charge is 2.20. The van der Waals surface area contributed by atoms with Crippen LogP contribution in [0.5, 0.6) is 0 Å². The van der Waals surface area contributed by atoms with E-state index in [-0.39, 0.29) is 6.04 Å². The zero-order chi connectivity index (χ0) is 14.8. The van der Waals surface area contributed by atoms with Crippen molar-refractivity contribution in [2.45, 2.75) is 19.5 Å². The lowest BCUT2D eigenvalue weighted by atomic mass is 10.0. The summed E-state index contributed by atoms with van der Waals surface area (Å²) in [5.74, 6) is 0. The molecule has 2 heterocycles. The average molecular weight is 302 g/mol. The predicted molar refractivity (Wildman–Crippen MR) is 83.4 cm³/mol. The van der Waals surface area contributed by atoms with Crippen LogP contribution in [0, 0.1) is 0 Å². The summed E-state index contributed by atoms with van der Waals surface area (Å²) >= 11 is 6.31. The number of hydrogen-bond donors (Lipinski definition) is 1. The number of hydrogen-bond acceptors (Lipinski definition) is 4. The molecule has 3 rings (SSSR count). The molecule has 1 atom stereocenters. The summed E-state index contributed by atoms with van der Waals surface area (Å²) in [7, 11) is 1.91. The predicted octanol–water partition coefficient (Wildman–Crippen LogP) is 2.81. The number of aryl methyl sites for hydroxylation is 1. The van der Waals surface area contributed by atoms with Gasteiger partial charge in [-0.3, -0.25) is 14.6 Å². The summed E-state index contributed by atoms with van der Waals surface area (Å²) in [5, 5.41) is 8.28. The molecule has 0 aliphatic rings. The first-order chi connectivity index (χ1) is 10.2. The molecule has 0 fully saturated rings. The molecule has 1 unspecified atom stereocenters. The van der Waals surface area contributed by atoms with Crippen LogP contribution in [0.2, 0.25) is 5.02 Å². The van der Waals surface area contributed by atoms with Crippen LogP contribution in [0.25, 0.3) is 11.0 Å². The molecule has 5 nitrogen and oxygen atoms in total. The minimum Gasteiger partial charge on any atom is -0.308 e. The van der Waals surface area contributed by atoms with Gasteiger partial charge >= 0.3 is 0 Å². The van der Waals surface area contributed by atoms with Crippen LogP contribution in [-0.4, -0.2) is 26.8 Å². The summed E-state index contributed by atoms with van der Waals surface area (Å²) in [6.07, 6.45) is 5.08. The van der Waals surface area contributed by atoms with E-state index in [9.17, 15) is 0 Å². The molecule has 0 saturated carbocycles. The summed E-state index contributed by atoms with van der Waals surface area (Å²) in [6.45, 7) is 2.82. The molecule has 108 valence electrons. The van der Waals surface area contributed by atoms with Crippen LogP contribution in [0.3, 0.4) is 0 Å². The Labute approximate surface area is 128 Å². The molecule has 2 aromatic heterocycles. The maximum atomic E-state index is 6.31. The molecule has 0 bridgehead atoms. The Bertz CT molecular complexity index is 768. The molecule has 3 aromatic rings. The van der Waals surface area contributed by atoms with E-state index in [4.69, 9.17) is 11.6 Å². The van der Waals surface area contributed by atoms with Crippen molar-refractivity contribution in [2.75, 3.05) is 7.05 Å². The van der Waals surface area contributed by atoms with Gasteiger partial charge in [-0.2, -0.15) is 5.10 Å². The summed E-state index contributed by atoms with van der Waals surface area (Å²) in [4.78, 5) is 8.65. The summed E-state index contributed by atoms with van der Waals surface area (Å²) in [5.41, 5.74) is 3.80. The molecule has 0 aliphatic carbocycles. The van der Waals surface area contributed by atoms with E-state index < -0.39 is 0 Å². The van der Waals surface area contributed by atoms with Gasteiger partial charge < -0.3 is 5.32 Å². The smallest absolute Gasteiger partial charge is 0.0890 e. The first-order valence-corrected chi connectivity index (χ1v) is 7.21. The van der Waals surface area contributed by atoms with Crippen LogP contribution in [0.1, 0.15) is 24.2 Å². The molecule has 0 amide bonds. The zero-order valence-electron chi connectivity index (χ0n) is 11.9. The standard InChI is InChI=1S/C15H16ClN5/c1-3-21-15(11(16)9-20-21)14(17-2)10-4-5-12-13(8-10)19-7-6-18-12/h4-9,14,17H,3H2,1-2H3. The van der Waals surface area contributed by atoms with Gasteiger partial charge in [0, 0.05) is 18.9 Å². The van der Waals surface area contributed by atoms with Gasteiger partial charge in [-0.1, -0.05) is 17.7 Å². The third-order valence-electron chi connectivity index (χ3n) is 3.52. The van der Waals surface area contributed by atoms with Crippen molar-refractivity contribution >= 4 is 22.6 Å². The number of halogens is 1. The molecular weight excluding hydrogens is 286 g/mol. The first kappa shape index (κ1) is 14.0. The number of aromatic nitrogens is 4. The normalized spacial score (nSPS) is 12.7. The highest BCUT2D eigenvalue weighted by Crippen LogP contribution is 2.29. The van der Waals surface area contributed by atoms with Gasteiger partial charge in [-0.05, 0) is 31.7 Å². The molecule has 0 aliphatic heterocycles. The van der Waals surface area contributed by atoms with Crippen LogP contribution in [0.15, 0.2) is 36.8 Å². The highest BCUT2D eigenvalue weighted by atomic mass is 35.5. The van der Waals surface area contributed by atoms with Crippen LogP contribution in [-0.2, 0) is 6.54 Å². The zero-order valence-corrected chi connectivity index (χ0v) is 12.7. The van der Waals surface area contributed by atoms with Crippen molar-refractivity contribution in [3.8, 4) is 0 Å². The second-order valence-electron chi connectivity index (χ2n) is 4.72. The lowest BCUT2D eigenvalue weighted by Gasteiger charge is -2.19. The Morgan fingerprint density at radius 3 is 2.71 bits per heavy atom. The number of fused-ring (bicyclic) bond motifs is 1. The fourth-order valence-corrected chi connectivity index (χ4v) is 2.78. The number of nitrogens with one attached hydrogen (secondary N) is 1. The van der Waals surface area contributed by atoms with Gasteiger partial charge in [0.2, 0.25) is 0 Å². The van der Waals surface area contributed by atoms with E-state index in [1.807, 2.05) is 36.9 Å². The van der Waals surface area contributed by atoms with Gasteiger partial charge in [0.15, 0.2) is 0 Å². The Morgan fingerprint density at radius 2 is 2.00 bits per heavy atom. The fourth-order valence-electron chi connectivity index (χ4n) is 2.53. The minimum atomic E-state index is -0.0358. The van der Waals surface area contributed by atoms with Gasteiger partial charge in [0.05, 0.1) is 34.0 Å². The molecule has 1 aromatic carbocycles. The molecule has 21 heavy (non-hydrogen) atoms. The van der Waals surface area contributed by atoms with Crippen molar-refractivity contribution in [2.24, 2.45) is 0 Å². The second-order valence-corrected chi connectivity index (χ2v) is 5.13. The number of nitrogens with zero attached hydrogens (tertiary/aromatic N) is 4. The van der Waals surface area contributed by atoms with Crippen molar-refractivity contribution < 1.29 is 0 Å². The third-order valence-corrected chi connectivity index (χ3v) is 3.81. The molecule has 0 saturated heterocycles. The number of rotatable bonds is 4. The van der Waals surface area contributed by atoms with Crippen LogP contribution < -0.4 is 5.32 Å². The Hall–Kier alpha value is -1.98. The monoisotopic (exact) mass is 301 g/mol. The van der Waals surface area contributed by atoms with Crippen molar-refractivity contribution in [3.63, 3.8) is 0 Å². The Kier molecular flexibility index (Phi) is 3.86. The SMILES string of the molecule is CCn1ncc(Cl)c1C(NC)c1ccc2nccnc2c1. The maximum absolute atomic E-state index is 6.31. The third kappa shape index (κ3) is 2.50. The van der Waals surface area contributed by atoms with Crippen molar-refractivity contribution in [3.05, 3.63) is 53.1 Å². The quantitative estimate of drug-likeness (QED) is 0.805. The van der Waals surface area contributed by atoms with Crippen LogP contribution in [0.4, 0.5) is 0 Å². The maximum Gasteiger partial charge on any atom is 0.0890 e. The van der Waals surface area contributed by atoms with Gasteiger partial charge in [0.25, 0.3) is 0 Å². The Balaban J connectivity index is 2.11. The molecule has 0 radical (unpaired) electrons. The average Bonchev–Trinajstić information content (AvgIpc) is 2.89. The van der Waals surface area contributed by atoms with Crippen molar-refractivity contribution in [1.82, 2.24) is 25.1 Å². The second kappa shape index (κ2) is 5.79. The molecular formula is C15H16ClN5. The topological polar surface area (TPSA) is 55.6 Å². The minimum absolute atomic E-state index is 0.0358. The van der Waals surface area contributed by atoms with Gasteiger partial charge in [0.1, 0.15) is 0 Å². The van der Waals surface area contributed by atoms with E-state index in [2.05, 4.69) is 20.4 Å². The van der Waals surface area contributed by atoms with E-state index in [0.29, 0.717) is 5.02 Å². The van der Waals surface area contributed by atoms with Crippen molar-refractivity contribution in [1.29, 1.82) is 0 Å². The highest BCUT2D eigenvalue weighted by molar-refractivity contribution is 6.31. The molecule has 1 N–H and O–H groups in total. The lowest BCUT2D eigenvalue weighted by Crippen LogP contribution is -2.21. The van der Waals surface area contributed by atoms with E-state index in [0.717, 1.165) is 28.8 Å².